The maximum atomic E-state index is 10.6. The molecule has 1 fully saturated rings. The second kappa shape index (κ2) is 5.59. The first-order valence-corrected chi connectivity index (χ1v) is 6.35. The molecule has 7 nitrogen and oxygen atoms in total. The van der Waals surface area contributed by atoms with Crippen LogP contribution >= 0.6 is 15.9 Å². The monoisotopic (exact) mass is 315 g/mol. The molecule has 0 atom stereocenters. The second-order valence-corrected chi connectivity index (χ2v) is 5.04. The third-order valence-electron chi connectivity index (χ3n) is 2.80. The highest BCUT2D eigenvalue weighted by atomic mass is 79.9. The van der Waals surface area contributed by atoms with Gasteiger partial charge in [-0.2, -0.15) is 0 Å². The Morgan fingerprint density at radius 1 is 1.44 bits per heavy atom. The van der Waals surface area contributed by atoms with E-state index in [9.17, 15) is 10.1 Å². The van der Waals surface area contributed by atoms with Crippen LogP contribution in [0.15, 0.2) is 16.7 Å². The summed E-state index contributed by atoms with van der Waals surface area (Å²) in [7, 11) is 2.08. The van der Waals surface area contributed by atoms with Gasteiger partial charge in [0.1, 0.15) is 6.20 Å². The fraction of sp³-hybridized carbons (Fsp3) is 0.500. The minimum absolute atomic E-state index is 0.0224. The summed E-state index contributed by atoms with van der Waals surface area (Å²) < 4.78 is 0.593. The molecule has 0 radical (unpaired) electrons. The van der Waals surface area contributed by atoms with Crippen LogP contribution in [-0.2, 0) is 0 Å². The van der Waals surface area contributed by atoms with E-state index in [1.54, 1.807) is 0 Å². The molecule has 0 aliphatic carbocycles. The number of halogens is 1. The van der Waals surface area contributed by atoms with Crippen molar-refractivity contribution in [3.63, 3.8) is 0 Å². The van der Waals surface area contributed by atoms with Gasteiger partial charge in [0.05, 0.1) is 9.40 Å². The summed E-state index contributed by atoms with van der Waals surface area (Å²) in [4.78, 5) is 16.4. The van der Waals surface area contributed by atoms with Gasteiger partial charge in [0.2, 0.25) is 0 Å². The Balaban J connectivity index is 2.03. The number of piperazine rings is 1. The largest absolute Gasteiger partial charge is 0.304 e. The Kier molecular flexibility index (Phi) is 4.10. The van der Waals surface area contributed by atoms with E-state index in [-0.39, 0.29) is 5.69 Å². The average molecular weight is 316 g/mol. The summed E-state index contributed by atoms with van der Waals surface area (Å²) in [5, 5.41) is 12.7. The molecule has 0 aromatic carbocycles. The molecule has 2 rings (SSSR count). The van der Waals surface area contributed by atoms with Gasteiger partial charge in [-0.25, -0.2) is 9.99 Å². The highest BCUT2D eigenvalue weighted by Gasteiger charge is 2.16. The highest BCUT2D eigenvalue weighted by Crippen LogP contribution is 2.24. The van der Waals surface area contributed by atoms with Gasteiger partial charge < -0.3 is 10.3 Å². The summed E-state index contributed by atoms with van der Waals surface area (Å²) in [5.41, 5.74) is 3.14. The van der Waals surface area contributed by atoms with Crippen LogP contribution in [0.3, 0.4) is 0 Å². The molecular formula is C10H14BrN5O2. The number of aromatic nitrogens is 1. The van der Waals surface area contributed by atoms with Crippen molar-refractivity contribution in [1.82, 2.24) is 14.9 Å². The van der Waals surface area contributed by atoms with Crippen LogP contribution < -0.4 is 5.43 Å². The number of likely N-dealkylation sites (N-methyl/N-ethyl adjacent to an activating group) is 1. The normalized spacial score (nSPS) is 17.7. The molecule has 1 aromatic rings. The molecule has 0 spiro atoms. The molecule has 2 heterocycles. The lowest BCUT2D eigenvalue weighted by molar-refractivity contribution is -0.385. The lowest BCUT2D eigenvalue weighted by Crippen LogP contribution is -2.47. The molecule has 98 valence electrons. The van der Waals surface area contributed by atoms with E-state index in [0.717, 1.165) is 26.2 Å². The van der Waals surface area contributed by atoms with Crippen molar-refractivity contribution < 1.29 is 4.92 Å². The summed E-state index contributed by atoms with van der Waals surface area (Å²) in [6.45, 7) is 3.75. The van der Waals surface area contributed by atoms with Gasteiger partial charge in [-0.3, -0.25) is 10.1 Å². The van der Waals surface area contributed by atoms with E-state index < -0.39 is 4.92 Å². The van der Waals surface area contributed by atoms with Crippen LogP contribution in [0.2, 0.25) is 0 Å². The number of nitrogens with one attached hydrogen (secondary N) is 1. The first kappa shape index (κ1) is 13.2. The van der Waals surface area contributed by atoms with Crippen molar-refractivity contribution in [2.75, 3.05) is 38.7 Å². The first-order valence-electron chi connectivity index (χ1n) is 5.56. The molecule has 1 N–H and O–H groups in total. The standard InChI is InChI=1S/C10H14BrN5O2/c1-14-2-4-15(5-3-14)13-10-9(11)6-8(7-12-10)16(17)18/h6-7H,2-5H2,1H3,(H,12,13). The smallest absolute Gasteiger partial charge is 0.288 e. The number of hydrazine groups is 1. The van der Waals surface area contributed by atoms with E-state index in [1.807, 2.05) is 0 Å². The van der Waals surface area contributed by atoms with Crippen LogP contribution in [0.1, 0.15) is 0 Å². The van der Waals surface area contributed by atoms with Gasteiger partial charge in [0.15, 0.2) is 5.82 Å². The fourth-order valence-corrected chi connectivity index (χ4v) is 2.10. The third kappa shape index (κ3) is 3.15. The molecule has 0 unspecified atom stereocenters. The van der Waals surface area contributed by atoms with Crippen molar-refractivity contribution in [1.29, 1.82) is 0 Å². The molecule has 0 bridgehead atoms. The Labute approximate surface area is 113 Å². The van der Waals surface area contributed by atoms with Gasteiger partial charge >= 0.3 is 0 Å². The van der Waals surface area contributed by atoms with Gasteiger partial charge in [-0.15, -0.1) is 0 Å². The zero-order valence-electron chi connectivity index (χ0n) is 9.97. The Hall–Kier alpha value is -1.25. The van der Waals surface area contributed by atoms with E-state index in [1.165, 1.54) is 12.3 Å². The van der Waals surface area contributed by atoms with Crippen LogP contribution in [0.5, 0.6) is 0 Å². The minimum Gasteiger partial charge on any atom is -0.304 e. The highest BCUT2D eigenvalue weighted by molar-refractivity contribution is 9.10. The molecule has 0 saturated carbocycles. The minimum atomic E-state index is -0.461. The SMILES string of the molecule is CN1CCN(Nc2ncc([N+](=O)[O-])cc2Br)CC1. The molecule has 1 aliphatic heterocycles. The summed E-state index contributed by atoms with van der Waals surface area (Å²) in [6, 6.07) is 1.45. The number of nitro groups is 1. The summed E-state index contributed by atoms with van der Waals surface area (Å²) in [5.74, 6) is 0.602. The molecule has 0 amide bonds. The predicted molar refractivity (Wildman–Crippen MR) is 71.3 cm³/mol. The lowest BCUT2D eigenvalue weighted by atomic mass is 10.4. The van der Waals surface area contributed by atoms with E-state index in [0.29, 0.717) is 10.3 Å². The van der Waals surface area contributed by atoms with Gasteiger partial charge in [-0.05, 0) is 23.0 Å². The van der Waals surface area contributed by atoms with Crippen molar-refractivity contribution in [3.05, 3.63) is 26.9 Å². The molecule has 1 aromatic heterocycles. The Morgan fingerprint density at radius 2 is 2.11 bits per heavy atom. The number of hydrogen-bond acceptors (Lipinski definition) is 6. The van der Waals surface area contributed by atoms with Gasteiger partial charge in [-0.1, -0.05) is 0 Å². The molecule has 1 aliphatic rings. The van der Waals surface area contributed by atoms with Crippen molar-refractivity contribution in [2.24, 2.45) is 0 Å². The number of hydrogen-bond donors (Lipinski definition) is 1. The maximum absolute atomic E-state index is 10.6. The maximum Gasteiger partial charge on any atom is 0.288 e. The lowest BCUT2D eigenvalue weighted by Gasteiger charge is -2.32. The third-order valence-corrected chi connectivity index (χ3v) is 3.41. The quantitative estimate of drug-likeness (QED) is 0.670. The fourth-order valence-electron chi connectivity index (χ4n) is 1.68. The average Bonchev–Trinajstić information content (AvgIpc) is 2.34. The molecular weight excluding hydrogens is 302 g/mol. The number of nitrogens with zero attached hydrogens (tertiary/aromatic N) is 4. The number of rotatable bonds is 3. The van der Waals surface area contributed by atoms with Crippen LogP contribution in [0, 0.1) is 10.1 Å². The van der Waals surface area contributed by atoms with Crippen LogP contribution in [0.4, 0.5) is 11.5 Å². The zero-order chi connectivity index (χ0) is 13.1. The van der Waals surface area contributed by atoms with Crippen LogP contribution in [0.25, 0.3) is 0 Å². The van der Waals surface area contributed by atoms with Crippen molar-refractivity contribution >= 4 is 27.4 Å². The van der Waals surface area contributed by atoms with Crippen molar-refractivity contribution in [2.45, 2.75) is 0 Å². The topological polar surface area (TPSA) is 74.5 Å². The number of anilines is 1. The van der Waals surface area contributed by atoms with E-state index >= 15 is 0 Å². The number of pyridine rings is 1. The van der Waals surface area contributed by atoms with Crippen molar-refractivity contribution in [3.8, 4) is 0 Å². The molecule has 18 heavy (non-hydrogen) atoms. The second-order valence-electron chi connectivity index (χ2n) is 4.18. The van der Waals surface area contributed by atoms with E-state index in [2.05, 4.69) is 43.3 Å². The van der Waals surface area contributed by atoms with Gasteiger partial charge in [0, 0.05) is 32.2 Å². The molecule has 1 saturated heterocycles. The Morgan fingerprint density at radius 3 is 2.67 bits per heavy atom. The molecule has 8 heteroatoms. The van der Waals surface area contributed by atoms with Gasteiger partial charge in [0.25, 0.3) is 5.69 Å². The Bertz CT molecular complexity index is 448. The zero-order valence-corrected chi connectivity index (χ0v) is 11.6. The predicted octanol–water partition coefficient (Wildman–Crippen LogP) is 1.33. The summed E-state index contributed by atoms with van der Waals surface area (Å²) in [6.07, 6.45) is 1.25. The first-order chi connectivity index (χ1) is 8.56. The summed E-state index contributed by atoms with van der Waals surface area (Å²) >= 11 is 3.29. The van der Waals surface area contributed by atoms with Crippen LogP contribution in [-0.4, -0.2) is 53.0 Å². The van der Waals surface area contributed by atoms with E-state index in [4.69, 9.17) is 0 Å².